The van der Waals surface area contributed by atoms with Crippen molar-refractivity contribution in [1.29, 1.82) is 0 Å². The van der Waals surface area contributed by atoms with Crippen LogP contribution in [-0.4, -0.2) is 32.0 Å². The molecular weight excluding hydrogens is 324 g/mol. The Morgan fingerprint density at radius 3 is 2.62 bits per heavy atom. The lowest BCUT2D eigenvalue weighted by atomic mass is 9.64. The van der Waals surface area contributed by atoms with Crippen molar-refractivity contribution in [3.05, 3.63) is 35.4 Å². The van der Waals surface area contributed by atoms with E-state index < -0.39 is 0 Å². The van der Waals surface area contributed by atoms with Gasteiger partial charge in [0.15, 0.2) is 5.96 Å². The minimum absolute atomic E-state index is 0.0681. The smallest absolute Gasteiger partial charge is 0.251 e. The first-order chi connectivity index (χ1) is 12.5. The van der Waals surface area contributed by atoms with E-state index in [0.29, 0.717) is 17.5 Å². The lowest BCUT2D eigenvalue weighted by Gasteiger charge is -2.43. The Kier molecular flexibility index (Phi) is 7.49. The molecule has 1 saturated carbocycles. The predicted octanol–water partition coefficient (Wildman–Crippen LogP) is 3.32. The summed E-state index contributed by atoms with van der Waals surface area (Å²) in [6, 6.07) is 7.63. The third kappa shape index (κ3) is 5.75. The van der Waals surface area contributed by atoms with Crippen LogP contribution in [0.1, 0.15) is 62.4 Å². The largest absolute Gasteiger partial charge is 0.357 e. The fourth-order valence-corrected chi connectivity index (χ4v) is 3.73. The van der Waals surface area contributed by atoms with Crippen LogP contribution in [0.25, 0.3) is 0 Å². The lowest BCUT2D eigenvalue weighted by Crippen LogP contribution is -2.47. The zero-order chi connectivity index (χ0) is 19.0. The summed E-state index contributed by atoms with van der Waals surface area (Å²) in [4.78, 5) is 16.5. The summed E-state index contributed by atoms with van der Waals surface area (Å²) in [5.41, 5.74) is 2.14. The van der Waals surface area contributed by atoms with Crippen molar-refractivity contribution in [3.63, 3.8) is 0 Å². The maximum Gasteiger partial charge on any atom is 0.251 e. The number of rotatable bonds is 8. The van der Waals surface area contributed by atoms with E-state index in [1.54, 1.807) is 7.05 Å². The van der Waals surface area contributed by atoms with Gasteiger partial charge in [0.1, 0.15) is 0 Å². The van der Waals surface area contributed by atoms with Gasteiger partial charge in [-0.15, -0.1) is 0 Å². The molecule has 1 fully saturated rings. The first kappa shape index (κ1) is 20.3. The molecule has 1 amide bonds. The number of hydrogen-bond acceptors (Lipinski definition) is 2. The van der Waals surface area contributed by atoms with Crippen LogP contribution in [0.2, 0.25) is 0 Å². The summed E-state index contributed by atoms with van der Waals surface area (Å²) in [5.74, 6) is 1.51. The van der Waals surface area contributed by atoms with Crippen LogP contribution in [0.15, 0.2) is 29.3 Å². The molecule has 0 heterocycles. The molecule has 0 atom stereocenters. The van der Waals surface area contributed by atoms with E-state index in [0.717, 1.165) is 30.5 Å². The molecule has 0 radical (unpaired) electrons. The van der Waals surface area contributed by atoms with E-state index in [-0.39, 0.29) is 5.91 Å². The highest BCUT2D eigenvalue weighted by atomic mass is 16.1. The van der Waals surface area contributed by atoms with Crippen molar-refractivity contribution in [1.82, 2.24) is 16.0 Å². The Morgan fingerprint density at radius 1 is 1.27 bits per heavy atom. The molecule has 1 aliphatic rings. The second kappa shape index (κ2) is 9.60. The first-order valence-electron chi connectivity index (χ1n) is 9.81. The van der Waals surface area contributed by atoms with Crippen molar-refractivity contribution in [2.45, 2.75) is 53.0 Å². The van der Waals surface area contributed by atoms with Crippen LogP contribution in [-0.2, 0) is 6.54 Å². The minimum Gasteiger partial charge on any atom is -0.357 e. The van der Waals surface area contributed by atoms with E-state index >= 15 is 0 Å². The fourth-order valence-electron chi connectivity index (χ4n) is 3.73. The summed E-state index contributed by atoms with van der Waals surface area (Å²) in [6.45, 7) is 9.06. The third-order valence-electron chi connectivity index (χ3n) is 5.07. The van der Waals surface area contributed by atoms with Gasteiger partial charge in [0.25, 0.3) is 5.91 Å². The number of benzene rings is 1. The lowest BCUT2D eigenvalue weighted by molar-refractivity contribution is 0.0963. The Labute approximate surface area is 158 Å². The normalized spacial score (nSPS) is 16.1. The fraction of sp³-hybridized carbons (Fsp3) is 0.619. The third-order valence-corrected chi connectivity index (χ3v) is 5.07. The second-order valence-corrected chi connectivity index (χ2v) is 7.78. The van der Waals surface area contributed by atoms with E-state index in [1.165, 1.54) is 25.7 Å². The number of aliphatic imine (C=N–C) groups is 1. The van der Waals surface area contributed by atoms with Crippen molar-refractivity contribution in [3.8, 4) is 0 Å². The number of amides is 1. The maximum absolute atomic E-state index is 11.8. The van der Waals surface area contributed by atoms with E-state index in [4.69, 9.17) is 4.99 Å². The summed E-state index contributed by atoms with van der Waals surface area (Å²) in [5, 5.41) is 9.54. The van der Waals surface area contributed by atoms with Crippen LogP contribution >= 0.6 is 0 Å². The number of guanidine groups is 1. The van der Waals surface area contributed by atoms with Gasteiger partial charge in [0, 0.05) is 25.7 Å². The number of hydrogen-bond donors (Lipinski definition) is 3. The van der Waals surface area contributed by atoms with Crippen molar-refractivity contribution in [2.24, 2.45) is 16.3 Å². The molecular formula is C21H34N4O. The molecule has 1 aromatic rings. The number of carbonyl (C=O) groups is 1. The Morgan fingerprint density at radius 2 is 2.04 bits per heavy atom. The molecule has 0 spiro atoms. The summed E-state index contributed by atoms with van der Waals surface area (Å²) in [6.07, 6.45) is 5.24. The average molecular weight is 359 g/mol. The van der Waals surface area contributed by atoms with Crippen LogP contribution in [0.4, 0.5) is 0 Å². The average Bonchev–Trinajstić information content (AvgIpc) is 2.60. The van der Waals surface area contributed by atoms with Crippen LogP contribution in [0.5, 0.6) is 0 Å². The zero-order valence-electron chi connectivity index (χ0n) is 16.7. The molecule has 0 unspecified atom stereocenters. The van der Waals surface area contributed by atoms with Gasteiger partial charge in [-0.1, -0.05) is 32.4 Å². The van der Waals surface area contributed by atoms with Gasteiger partial charge in [-0.25, -0.2) is 4.99 Å². The van der Waals surface area contributed by atoms with Gasteiger partial charge in [-0.3, -0.25) is 4.79 Å². The van der Waals surface area contributed by atoms with Gasteiger partial charge >= 0.3 is 0 Å². The van der Waals surface area contributed by atoms with E-state index in [1.807, 2.05) is 24.3 Å². The highest BCUT2D eigenvalue weighted by Gasteiger charge is 2.37. The van der Waals surface area contributed by atoms with Gasteiger partial charge in [0.2, 0.25) is 0 Å². The van der Waals surface area contributed by atoms with Crippen molar-refractivity contribution >= 4 is 11.9 Å². The summed E-state index contributed by atoms with van der Waals surface area (Å²) in [7, 11) is 1.65. The quantitative estimate of drug-likeness (QED) is 0.493. The summed E-state index contributed by atoms with van der Waals surface area (Å²) >= 11 is 0. The van der Waals surface area contributed by atoms with Crippen LogP contribution < -0.4 is 16.0 Å². The van der Waals surface area contributed by atoms with E-state index in [2.05, 4.69) is 36.7 Å². The molecule has 0 bridgehead atoms. The molecule has 0 saturated heterocycles. The molecule has 5 nitrogen and oxygen atoms in total. The molecule has 3 N–H and O–H groups in total. The van der Waals surface area contributed by atoms with Crippen molar-refractivity contribution < 1.29 is 4.79 Å². The SMILES string of the molecule is CCNC(=NCc1cccc(C(=O)NC)c1)NCC1(CC(C)C)CCC1. The minimum atomic E-state index is -0.0681. The highest BCUT2D eigenvalue weighted by molar-refractivity contribution is 5.94. The van der Waals surface area contributed by atoms with Crippen LogP contribution in [0, 0.1) is 11.3 Å². The Hall–Kier alpha value is -2.04. The number of nitrogens with one attached hydrogen (secondary N) is 3. The second-order valence-electron chi connectivity index (χ2n) is 7.78. The van der Waals surface area contributed by atoms with Gasteiger partial charge < -0.3 is 16.0 Å². The number of carbonyl (C=O) groups excluding carboxylic acids is 1. The molecule has 144 valence electrons. The highest BCUT2D eigenvalue weighted by Crippen LogP contribution is 2.45. The summed E-state index contributed by atoms with van der Waals surface area (Å²) < 4.78 is 0. The van der Waals surface area contributed by atoms with Gasteiger partial charge in [-0.05, 0) is 55.2 Å². The molecule has 2 rings (SSSR count). The monoisotopic (exact) mass is 358 g/mol. The zero-order valence-corrected chi connectivity index (χ0v) is 16.7. The van der Waals surface area contributed by atoms with Crippen molar-refractivity contribution in [2.75, 3.05) is 20.1 Å². The van der Waals surface area contributed by atoms with Crippen LogP contribution in [0.3, 0.4) is 0 Å². The predicted molar refractivity (Wildman–Crippen MR) is 108 cm³/mol. The molecule has 5 heteroatoms. The first-order valence-corrected chi connectivity index (χ1v) is 9.81. The molecule has 1 aliphatic carbocycles. The topological polar surface area (TPSA) is 65.5 Å². The maximum atomic E-state index is 11.8. The van der Waals surface area contributed by atoms with E-state index in [9.17, 15) is 4.79 Å². The number of nitrogens with zero attached hydrogens (tertiary/aromatic N) is 1. The molecule has 0 aliphatic heterocycles. The Bertz CT molecular complexity index is 620. The molecule has 1 aromatic carbocycles. The standard InChI is InChI=1S/C21H34N4O/c1-5-23-20(25-15-21(10-7-11-21)13-16(2)3)24-14-17-8-6-9-18(12-17)19(26)22-4/h6,8-9,12,16H,5,7,10-11,13-15H2,1-4H3,(H,22,26)(H2,23,24,25). The Balaban J connectivity index is 1.99. The molecule has 0 aromatic heterocycles. The van der Waals surface area contributed by atoms with Gasteiger partial charge in [-0.2, -0.15) is 0 Å². The molecule has 26 heavy (non-hydrogen) atoms. The van der Waals surface area contributed by atoms with Gasteiger partial charge in [0.05, 0.1) is 6.54 Å².